The molecule has 0 amide bonds. The van der Waals surface area contributed by atoms with Crippen LogP contribution in [-0.2, 0) is 0 Å². The smallest absolute Gasteiger partial charge is 0.166 e. The van der Waals surface area contributed by atoms with Crippen LogP contribution in [0, 0.1) is 0 Å². The first-order valence-corrected chi connectivity index (χ1v) is 4.65. The molecule has 2 heterocycles. The predicted octanol–water partition coefficient (Wildman–Crippen LogP) is 3.15. The largest absolute Gasteiger partial charge is 0.461 e. The number of hydrogen-bond donors (Lipinski definition) is 0. The second-order valence-electron chi connectivity index (χ2n) is 2.32. The maximum atomic E-state index is 5.71. The minimum absolute atomic E-state index is 0.397. The highest BCUT2D eigenvalue weighted by atomic mass is 79.9. The predicted molar refractivity (Wildman–Crippen MR) is 52.4 cm³/mol. The van der Waals surface area contributed by atoms with E-state index in [0.717, 1.165) is 4.47 Å². The Morgan fingerprint density at radius 2 is 2.23 bits per heavy atom. The van der Waals surface area contributed by atoms with Crippen LogP contribution >= 0.6 is 27.5 Å². The minimum Gasteiger partial charge on any atom is -0.461 e. The van der Waals surface area contributed by atoms with Crippen molar-refractivity contribution in [3.8, 4) is 11.5 Å². The van der Waals surface area contributed by atoms with Crippen molar-refractivity contribution in [3.05, 3.63) is 34.3 Å². The molecule has 2 rings (SSSR count). The van der Waals surface area contributed by atoms with Crippen molar-refractivity contribution in [2.45, 2.75) is 0 Å². The average Bonchev–Trinajstić information content (AvgIpc) is 2.51. The standard InChI is InChI=1S/C8H4BrClN2O/c9-5-1-2-13-8(5)6-3-7(10)12-4-11-6/h1-4H. The van der Waals surface area contributed by atoms with Gasteiger partial charge >= 0.3 is 0 Å². The van der Waals surface area contributed by atoms with Gasteiger partial charge in [0.1, 0.15) is 17.2 Å². The van der Waals surface area contributed by atoms with E-state index >= 15 is 0 Å². The van der Waals surface area contributed by atoms with Gasteiger partial charge < -0.3 is 4.42 Å². The van der Waals surface area contributed by atoms with Crippen molar-refractivity contribution in [2.24, 2.45) is 0 Å². The second-order valence-corrected chi connectivity index (χ2v) is 3.57. The third kappa shape index (κ3) is 1.73. The Bertz CT molecular complexity index is 430. The molecule has 3 nitrogen and oxygen atoms in total. The molecule has 2 aromatic rings. The van der Waals surface area contributed by atoms with Crippen LogP contribution in [0.1, 0.15) is 0 Å². The van der Waals surface area contributed by atoms with E-state index in [1.54, 1.807) is 18.4 Å². The van der Waals surface area contributed by atoms with Gasteiger partial charge in [0.2, 0.25) is 0 Å². The zero-order valence-electron chi connectivity index (χ0n) is 6.37. The molecule has 0 N–H and O–H groups in total. The fourth-order valence-electron chi connectivity index (χ4n) is 0.934. The van der Waals surface area contributed by atoms with Gasteiger partial charge in [-0.2, -0.15) is 0 Å². The van der Waals surface area contributed by atoms with Gasteiger partial charge in [-0.1, -0.05) is 11.6 Å². The third-order valence-corrected chi connectivity index (χ3v) is 2.31. The summed E-state index contributed by atoms with van der Waals surface area (Å²) in [6.07, 6.45) is 2.97. The molecule has 0 aliphatic heterocycles. The van der Waals surface area contributed by atoms with Crippen LogP contribution in [0.5, 0.6) is 0 Å². The SMILES string of the molecule is Clc1cc(-c2occc2Br)ncn1. The van der Waals surface area contributed by atoms with Gasteiger partial charge in [0.15, 0.2) is 5.76 Å². The van der Waals surface area contributed by atoms with E-state index in [-0.39, 0.29) is 0 Å². The number of hydrogen-bond acceptors (Lipinski definition) is 3. The molecule has 0 atom stereocenters. The maximum absolute atomic E-state index is 5.71. The molecule has 0 radical (unpaired) electrons. The monoisotopic (exact) mass is 258 g/mol. The van der Waals surface area contributed by atoms with Crippen molar-refractivity contribution in [1.29, 1.82) is 0 Å². The zero-order chi connectivity index (χ0) is 9.26. The summed E-state index contributed by atoms with van der Waals surface area (Å²) >= 11 is 9.04. The van der Waals surface area contributed by atoms with Gasteiger partial charge in [-0.25, -0.2) is 9.97 Å². The molecule has 0 unspecified atom stereocenters. The second kappa shape index (κ2) is 3.47. The Labute approximate surface area is 87.9 Å². The van der Waals surface area contributed by atoms with Crippen LogP contribution < -0.4 is 0 Å². The summed E-state index contributed by atoms with van der Waals surface area (Å²) in [6.45, 7) is 0. The minimum atomic E-state index is 0.397. The molecule has 0 bridgehead atoms. The van der Waals surface area contributed by atoms with Gasteiger partial charge in [-0.05, 0) is 22.0 Å². The fraction of sp³-hybridized carbons (Fsp3) is 0. The molecule has 13 heavy (non-hydrogen) atoms. The Morgan fingerprint density at radius 3 is 2.85 bits per heavy atom. The summed E-state index contributed by atoms with van der Waals surface area (Å²) in [4.78, 5) is 7.80. The van der Waals surface area contributed by atoms with E-state index in [1.807, 2.05) is 0 Å². The first-order valence-electron chi connectivity index (χ1n) is 3.48. The number of furan rings is 1. The number of halogens is 2. The van der Waals surface area contributed by atoms with Gasteiger partial charge in [-0.3, -0.25) is 0 Å². The van der Waals surface area contributed by atoms with Crippen molar-refractivity contribution in [1.82, 2.24) is 9.97 Å². The Hall–Kier alpha value is -0.870. The molecule has 0 saturated heterocycles. The molecule has 5 heteroatoms. The summed E-state index contributed by atoms with van der Waals surface area (Å²) in [5, 5.41) is 0.397. The molecular formula is C8H4BrClN2O. The third-order valence-electron chi connectivity index (χ3n) is 1.48. The summed E-state index contributed by atoms with van der Waals surface area (Å²) in [6, 6.07) is 3.44. The maximum Gasteiger partial charge on any atom is 0.166 e. The van der Waals surface area contributed by atoms with Crippen LogP contribution in [0.3, 0.4) is 0 Å². The topological polar surface area (TPSA) is 38.9 Å². The Balaban J connectivity index is 2.53. The summed E-state index contributed by atoms with van der Waals surface area (Å²) in [5.41, 5.74) is 0.664. The van der Waals surface area contributed by atoms with E-state index in [4.69, 9.17) is 16.0 Å². The summed E-state index contributed by atoms with van der Waals surface area (Å²) < 4.78 is 6.06. The molecule has 2 aromatic heterocycles. The highest BCUT2D eigenvalue weighted by Crippen LogP contribution is 2.28. The molecule has 0 spiro atoms. The normalized spacial score (nSPS) is 10.3. The molecule has 0 aliphatic rings. The summed E-state index contributed by atoms with van der Waals surface area (Å²) in [5.74, 6) is 0.657. The lowest BCUT2D eigenvalue weighted by molar-refractivity contribution is 0.578. The van der Waals surface area contributed by atoms with E-state index in [9.17, 15) is 0 Å². The Kier molecular flexibility index (Phi) is 2.33. The van der Waals surface area contributed by atoms with E-state index in [0.29, 0.717) is 16.6 Å². The lowest BCUT2D eigenvalue weighted by Gasteiger charge is -1.95. The molecule has 0 aromatic carbocycles. The van der Waals surface area contributed by atoms with Crippen LogP contribution in [0.25, 0.3) is 11.5 Å². The van der Waals surface area contributed by atoms with Gasteiger partial charge in [0.25, 0.3) is 0 Å². The van der Waals surface area contributed by atoms with Crippen LogP contribution in [0.4, 0.5) is 0 Å². The summed E-state index contributed by atoms with van der Waals surface area (Å²) in [7, 11) is 0. The van der Waals surface area contributed by atoms with Crippen LogP contribution in [0.15, 0.2) is 33.6 Å². The van der Waals surface area contributed by atoms with E-state index in [2.05, 4.69) is 25.9 Å². The quantitative estimate of drug-likeness (QED) is 0.739. The number of aromatic nitrogens is 2. The van der Waals surface area contributed by atoms with Crippen LogP contribution in [-0.4, -0.2) is 9.97 Å². The van der Waals surface area contributed by atoms with Gasteiger partial charge in [0.05, 0.1) is 10.7 Å². The van der Waals surface area contributed by atoms with Crippen molar-refractivity contribution in [2.75, 3.05) is 0 Å². The molecule has 66 valence electrons. The first kappa shape index (κ1) is 8.72. The van der Waals surface area contributed by atoms with E-state index < -0.39 is 0 Å². The van der Waals surface area contributed by atoms with Crippen molar-refractivity contribution < 1.29 is 4.42 Å². The van der Waals surface area contributed by atoms with Crippen molar-refractivity contribution >= 4 is 27.5 Å². The number of nitrogens with zero attached hydrogens (tertiary/aromatic N) is 2. The highest BCUT2D eigenvalue weighted by molar-refractivity contribution is 9.10. The fourth-order valence-corrected chi connectivity index (χ4v) is 1.49. The van der Waals surface area contributed by atoms with Crippen molar-refractivity contribution in [3.63, 3.8) is 0 Å². The van der Waals surface area contributed by atoms with Gasteiger partial charge in [0, 0.05) is 6.07 Å². The lowest BCUT2D eigenvalue weighted by atomic mass is 10.3. The molecule has 0 aliphatic carbocycles. The highest BCUT2D eigenvalue weighted by Gasteiger charge is 2.08. The van der Waals surface area contributed by atoms with E-state index in [1.165, 1.54) is 6.33 Å². The molecular weight excluding hydrogens is 255 g/mol. The first-order chi connectivity index (χ1) is 6.27. The van der Waals surface area contributed by atoms with Crippen LogP contribution in [0.2, 0.25) is 5.15 Å². The van der Waals surface area contributed by atoms with Gasteiger partial charge in [-0.15, -0.1) is 0 Å². The average molecular weight is 259 g/mol. The lowest BCUT2D eigenvalue weighted by Crippen LogP contribution is -1.83. The molecule has 0 saturated carbocycles. The molecule has 0 fully saturated rings. The number of rotatable bonds is 1. The zero-order valence-corrected chi connectivity index (χ0v) is 8.71. The Morgan fingerprint density at radius 1 is 1.38 bits per heavy atom.